The van der Waals surface area contributed by atoms with Crippen molar-refractivity contribution >= 4 is 0 Å². The molecule has 2 unspecified atom stereocenters. The molecule has 0 aromatic heterocycles. The van der Waals surface area contributed by atoms with Gasteiger partial charge < -0.3 is 10.2 Å². The molecule has 0 bridgehead atoms. The summed E-state index contributed by atoms with van der Waals surface area (Å²) in [5, 5.41) is 3.48. The lowest BCUT2D eigenvalue weighted by Crippen LogP contribution is -2.30. The molecule has 0 aliphatic carbocycles. The Morgan fingerprint density at radius 2 is 1.76 bits per heavy atom. The van der Waals surface area contributed by atoms with E-state index in [4.69, 9.17) is 0 Å². The Balaban J connectivity index is 3.55. The highest BCUT2D eigenvalue weighted by molar-refractivity contribution is 4.63. The van der Waals surface area contributed by atoms with E-state index in [0.717, 1.165) is 12.5 Å². The molecule has 1 N–H and O–H groups in total. The molecular formula is C15H34N2. The van der Waals surface area contributed by atoms with E-state index < -0.39 is 0 Å². The van der Waals surface area contributed by atoms with Gasteiger partial charge >= 0.3 is 0 Å². The molecule has 0 amide bonds. The van der Waals surface area contributed by atoms with E-state index in [1.165, 1.54) is 45.3 Å². The van der Waals surface area contributed by atoms with Gasteiger partial charge in [0.1, 0.15) is 0 Å². The molecule has 0 aliphatic heterocycles. The molecule has 0 rings (SSSR count). The molecule has 0 aromatic rings. The summed E-state index contributed by atoms with van der Waals surface area (Å²) in [4.78, 5) is 2.60. The van der Waals surface area contributed by atoms with Crippen LogP contribution in [0.25, 0.3) is 0 Å². The smallest absolute Gasteiger partial charge is 0.00386 e. The first-order valence-corrected chi connectivity index (χ1v) is 7.59. The molecule has 0 spiro atoms. The standard InChI is InChI=1S/C15H34N2/c1-6-14(4)13-17(8-3)12-10-9-11-15(5)16-7-2/h14-16H,6-13H2,1-5H3. The largest absolute Gasteiger partial charge is 0.315 e. The number of hydrogen-bond donors (Lipinski definition) is 1. The van der Waals surface area contributed by atoms with Crippen molar-refractivity contribution in [2.75, 3.05) is 26.2 Å². The van der Waals surface area contributed by atoms with Crippen LogP contribution in [0, 0.1) is 5.92 Å². The Morgan fingerprint density at radius 1 is 1.06 bits per heavy atom. The van der Waals surface area contributed by atoms with Gasteiger partial charge in [0.05, 0.1) is 0 Å². The Morgan fingerprint density at radius 3 is 2.29 bits per heavy atom. The summed E-state index contributed by atoms with van der Waals surface area (Å²) < 4.78 is 0. The molecule has 104 valence electrons. The van der Waals surface area contributed by atoms with Gasteiger partial charge in [-0.2, -0.15) is 0 Å². The Labute approximate surface area is 109 Å². The molecule has 0 saturated carbocycles. The first-order valence-electron chi connectivity index (χ1n) is 7.59. The maximum atomic E-state index is 3.48. The van der Waals surface area contributed by atoms with Crippen molar-refractivity contribution in [1.82, 2.24) is 10.2 Å². The molecule has 0 aromatic carbocycles. The zero-order chi connectivity index (χ0) is 13.1. The summed E-state index contributed by atoms with van der Waals surface area (Å²) in [6, 6.07) is 0.685. The summed E-state index contributed by atoms with van der Waals surface area (Å²) in [6.07, 6.45) is 5.31. The molecular weight excluding hydrogens is 208 g/mol. The second-order valence-corrected chi connectivity index (χ2v) is 5.36. The van der Waals surface area contributed by atoms with E-state index in [1.54, 1.807) is 0 Å². The minimum Gasteiger partial charge on any atom is -0.315 e. The van der Waals surface area contributed by atoms with Crippen LogP contribution in [0.5, 0.6) is 0 Å². The average Bonchev–Trinajstić information content (AvgIpc) is 2.33. The predicted octanol–water partition coefficient (Wildman–Crippen LogP) is 3.52. The molecule has 2 heteroatoms. The number of unbranched alkanes of at least 4 members (excludes halogenated alkanes) is 1. The first-order chi connectivity index (χ1) is 8.13. The average molecular weight is 242 g/mol. The fourth-order valence-electron chi connectivity index (χ4n) is 2.18. The minimum atomic E-state index is 0.685. The maximum Gasteiger partial charge on any atom is 0.00386 e. The number of hydrogen-bond acceptors (Lipinski definition) is 2. The third-order valence-electron chi connectivity index (χ3n) is 3.63. The van der Waals surface area contributed by atoms with Crippen LogP contribution in [0.15, 0.2) is 0 Å². The van der Waals surface area contributed by atoms with Gasteiger partial charge in [-0.05, 0) is 45.3 Å². The maximum absolute atomic E-state index is 3.48. The van der Waals surface area contributed by atoms with E-state index in [2.05, 4.69) is 44.8 Å². The Hall–Kier alpha value is -0.0800. The quantitative estimate of drug-likeness (QED) is 0.558. The lowest BCUT2D eigenvalue weighted by Gasteiger charge is -2.24. The van der Waals surface area contributed by atoms with Crippen LogP contribution in [0.2, 0.25) is 0 Å². The summed E-state index contributed by atoms with van der Waals surface area (Å²) >= 11 is 0. The summed E-state index contributed by atoms with van der Waals surface area (Å²) in [7, 11) is 0. The van der Waals surface area contributed by atoms with E-state index >= 15 is 0 Å². The Kier molecular flexibility index (Phi) is 11.0. The molecule has 2 atom stereocenters. The normalized spacial score (nSPS) is 15.2. The van der Waals surface area contributed by atoms with Gasteiger partial charge in [0.15, 0.2) is 0 Å². The molecule has 0 heterocycles. The van der Waals surface area contributed by atoms with Crippen LogP contribution in [0.3, 0.4) is 0 Å². The second kappa shape index (κ2) is 11.0. The van der Waals surface area contributed by atoms with Crippen molar-refractivity contribution in [3.63, 3.8) is 0 Å². The fraction of sp³-hybridized carbons (Fsp3) is 1.00. The highest BCUT2D eigenvalue weighted by Gasteiger charge is 2.07. The zero-order valence-electron chi connectivity index (χ0n) is 12.8. The lowest BCUT2D eigenvalue weighted by molar-refractivity contribution is 0.239. The number of nitrogens with one attached hydrogen (secondary N) is 1. The SMILES string of the molecule is CCNC(C)CCCCN(CC)CC(C)CC. The van der Waals surface area contributed by atoms with Crippen molar-refractivity contribution in [1.29, 1.82) is 0 Å². The van der Waals surface area contributed by atoms with Crippen molar-refractivity contribution in [2.45, 2.75) is 66.3 Å². The third kappa shape index (κ3) is 9.61. The van der Waals surface area contributed by atoms with Crippen LogP contribution in [-0.4, -0.2) is 37.1 Å². The lowest BCUT2D eigenvalue weighted by atomic mass is 10.1. The number of rotatable bonds is 11. The highest BCUT2D eigenvalue weighted by Crippen LogP contribution is 2.07. The molecule has 0 aliphatic rings. The number of nitrogens with zero attached hydrogens (tertiary/aromatic N) is 1. The van der Waals surface area contributed by atoms with Crippen LogP contribution in [0.1, 0.15) is 60.3 Å². The van der Waals surface area contributed by atoms with Crippen LogP contribution in [0.4, 0.5) is 0 Å². The van der Waals surface area contributed by atoms with Crippen LogP contribution >= 0.6 is 0 Å². The van der Waals surface area contributed by atoms with Crippen molar-refractivity contribution in [3.8, 4) is 0 Å². The first kappa shape index (κ1) is 16.9. The van der Waals surface area contributed by atoms with Gasteiger partial charge in [0.25, 0.3) is 0 Å². The third-order valence-corrected chi connectivity index (χ3v) is 3.63. The van der Waals surface area contributed by atoms with Gasteiger partial charge in [0, 0.05) is 12.6 Å². The zero-order valence-corrected chi connectivity index (χ0v) is 12.8. The van der Waals surface area contributed by atoms with Gasteiger partial charge in [0.2, 0.25) is 0 Å². The van der Waals surface area contributed by atoms with Gasteiger partial charge in [-0.15, -0.1) is 0 Å². The van der Waals surface area contributed by atoms with E-state index in [1.807, 2.05) is 0 Å². The molecule has 0 fully saturated rings. The molecule has 0 saturated heterocycles. The van der Waals surface area contributed by atoms with Crippen LogP contribution < -0.4 is 5.32 Å². The molecule has 0 radical (unpaired) electrons. The Bertz CT molecular complexity index is 159. The van der Waals surface area contributed by atoms with Gasteiger partial charge in [-0.3, -0.25) is 0 Å². The van der Waals surface area contributed by atoms with Crippen molar-refractivity contribution in [3.05, 3.63) is 0 Å². The fourth-order valence-corrected chi connectivity index (χ4v) is 2.18. The van der Waals surface area contributed by atoms with Crippen molar-refractivity contribution < 1.29 is 0 Å². The second-order valence-electron chi connectivity index (χ2n) is 5.36. The minimum absolute atomic E-state index is 0.685. The monoisotopic (exact) mass is 242 g/mol. The van der Waals surface area contributed by atoms with Gasteiger partial charge in [-0.25, -0.2) is 0 Å². The molecule has 2 nitrogen and oxygen atoms in total. The van der Waals surface area contributed by atoms with E-state index in [0.29, 0.717) is 6.04 Å². The topological polar surface area (TPSA) is 15.3 Å². The van der Waals surface area contributed by atoms with Crippen molar-refractivity contribution in [2.24, 2.45) is 5.92 Å². The summed E-state index contributed by atoms with van der Waals surface area (Å²) in [5.74, 6) is 0.843. The van der Waals surface area contributed by atoms with Crippen LogP contribution in [-0.2, 0) is 0 Å². The summed E-state index contributed by atoms with van der Waals surface area (Å²) in [5.41, 5.74) is 0. The van der Waals surface area contributed by atoms with E-state index in [9.17, 15) is 0 Å². The predicted molar refractivity (Wildman–Crippen MR) is 78.6 cm³/mol. The van der Waals surface area contributed by atoms with E-state index in [-0.39, 0.29) is 0 Å². The highest BCUT2D eigenvalue weighted by atomic mass is 15.1. The van der Waals surface area contributed by atoms with Gasteiger partial charge in [-0.1, -0.05) is 40.5 Å². The summed E-state index contributed by atoms with van der Waals surface area (Å²) in [6.45, 7) is 16.2. The molecule has 17 heavy (non-hydrogen) atoms.